The second-order valence-corrected chi connectivity index (χ2v) is 9.10. The highest BCUT2D eigenvalue weighted by atomic mass is 32.1. The van der Waals surface area contributed by atoms with Crippen molar-refractivity contribution in [2.45, 2.75) is 39.7 Å². The van der Waals surface area contributed by atoms with Crippen LogP contribution in [0.25, 0.3) is 10.9 Å². The SMILES string of the molecule is CCN(CC)CCCC(C)Nc1snc2ccccc12.O=P(O)(O)O.O=P(O)(O)O. The van der Waals surface area contributed by atoms with Crippen LogP contribution < -0.4 is 5.32 Å². The highest BCUT2D eigenvalue weighted by Crippen LogP contribution is 2.28. The first-order valence-electron chi connectivity index (χ1n) is 9.14. The molecule has 0 aliphatic carbocycles. The fraction of sp³-hybridized carbons (Fsp3) is 0.562. The van der Waals surface area contributed by atoms with E-state index in [1.165, 1.54) is 29.8 Å². The molecule has 0 radical (unpaired) electrons. The number of aromatic nitrogens is 1. The van der Waals surface area contributed by atoms with Gasteiger partial charge in [0.15, 0.2) is 0 Å². The van der Waals surface area contributed by atoms with E-state index in [1.807, 2.05) is 6.07 Å². The first-order chi connectivity index (χ1) is 13.7. The highest BCUT2D eigenvalue weighted by molar-refractivity contribution is 7.45. The summed E-state index contributed by atoms with van der Waals surface area (Å²) >= 11 is 1.57. The number of fused-ring (bicyclic) bond motifs is 1. The van der Waals surface area contributed by atoms with Gasteiger partial charge in [-0.05, 0) is 63.1 Å². The van der Waals surface area contributed by atoms with Gasteiger partial charge in [-0.2, -0.15) is 4.37 Å². The molecule has 2 aromatic rings. The van der Waals surface area contributed by atoms with E-state index in [1.54, 1.807) is 11.5 Å². The first kappa shape index (κ1) is 29.1. The average Bonchev–Trinajstić information content (AvgIpc) is 2.99. The molecule has 11 nitrogen and oxygen atoms in total. The zero-order chi connectivity index (χ0) is 23.4. The molecular formula is C16H31N3O8P2S. The lowest BCUT2D eigenvalue weighted by atomic mass is 10.1. The predicted octanol–water partition coefficient (Wildman–Crippen LogP) is 2.36. The van der Waals surface area contributed by atoms with Gasteiger partial charge >= 0.3 is 15.6 Å². The van der Waals surface area contributed by atoms with Gasteiger partial charge in [-0.15, -0.1) is 0 Å². The lowest BCUT2D eigenvalue weighted by molar-refractivity contribution is 0.272. The first-order valence-corrected chi connectivity index (χ1v) is 13.0. The van der Waals surface area contributed by atoms with Crippen LogP contribution in [-0.4, -0.2) is 64.3 Å². The third-order valence-electron chi connectivity index (χ3n) is 3.77. The van der Waals surface area contributed by atoms with Gasteiger partial charge in [-0.3, -0.25) is 0 Å². The number of nitrogens with zero attached hydrogens (tertiary/aromatic N) is 2. The van der Waals surface area contributed by atoms with Crippen molar-refractivity contribution >= 4 is 43.1 Å². The molecule has 174 valence electrons. The molecular weight excluding hydrogens is 456 g/mol. The summed E-state index contributed by atoms with van der Waals surface area (Å²) in [6.45, 7) is 10.2. The number of nitrogens with one attached hydrogen (secondary N) is 1. The molecule has 0 fully saturated rings. The molecule has 0 saturated heterocycles. The minimum Gasteiger partial charge on any atom is -0.373 e. The van der Waals surface area contributed by atoms with Crippen LogP contribution in [0.3, 0.4) is 0 Å². The average molecular weight is 487 g/mol. The van der Waals surface area contributed by atoms with Gasteiger partial charge in [0.1, 0.15) is 5.00 Å². The molecule has 0 aliphatic rings. The third-order valence-corrected chi connectivity index (χ3v) is 4.58. The predicted molar refractivity (Wildman–Crippen MR) is 118 cm³/mol. The second kappa shape index (κ2) is 14.2. The molecule has 1 atom stereocenters. The van der Waals surface area contributed by atoms with E-state index < -0.39 is 15.6 Å². The Kier molecular flexibility index (Phi) is 13.8. The van der Waals surface area contributed by atoms with Crippen LogP contribution in [0.4, 0.5) is 5.00 Å². The quantitative estimate of drug-likeness (QED) is 0.271. The van der Waals surface area contributed by atoms with Gasteiger partial charge in [0.05, 0.1) is 5.52 Å². The van der Waals surface area contributed by atoms with E-state index in [0.29, 0.717) is 6.04 Å². The summed E-state index contributed by atoms with van der Waals surface area (Å²) in [7, 11) is -9.28. The summed E-state index contributed by atoms with van der Waals surface area (Å²) in [5.41, 5.74) is 1.09. The number of anilines is 1. The second-order valence-electron chi connectivity index (χ2n) is 6.27. The maximum atomic E-state index is 8.88. The third kappa shape index (κ3) is 16.8. The Morgan fingerprint density at radius 1 is 1.03 bits per heavy atom. The molecule has 2 rings (SSSR count). The van der Waals surface area contributed by atoms with Crippen molar-refractivity contribution in [3.05, 3.63) is 24.3 Å². The topological polar surface area (TPSA) is 184 Å². The van der Waals surface area contributed by atoms with Crippen LogP contribution in [0.2, 0.25) is 0 Å². The van der Waals surface area contributed by atoms with Gasteiger partial charge in [0, 0.05) is 11.4 Å². The monoisotopic (exact) mass is 487 g/mol. The summed E-state index contributed by atoms with van der Waals surface area (Å²) in [6.07, 6.45) is 2.44. The summed E-state index contributed by atoms with van der Waals surface area (Å²) in [5.74, 6) is 0. The molecule has 14 heteroatoms. The molecule has 1 heterocycles. The normalized spacial score (nSPS) is 12.6. The summed E-state index contributed by atoms with van der Waals surface area (Å²) < 4.78 is 22.2. The van der Waals surface area contributed by atoms with Crippen LogP contribution in [-0.2, 0) is 9.13 Å². The number of phosphoric acid groups is 2. The Labute approximate surface area is 180 Å². The number of benzene rings is 1. The lowest BCUT2D eigenvalue weighted by Gasteiger charge is -2.19. The van der Waals surface area contributed by atoms with Crippen molar-refractivity contribution in [1.82, 2.24) is 9.27 Å². The van der Waals surface area contributed by atoms with E-state index in [4.69, 9.17) is 38.5 Å². The minimum atomic E-state index is -4.64. The zero-order valence-electron chi connectivity index (χ0n) is 17.1. The molecule has 7 N–H and O–H groups in total. The van der Waals surface area contributed by atoms with Crippen molar-refractivity contribution in [1.29, 1.82) is 0 Å². The smallest absolute Gasteiger partial charge is 0.373 e. The molecule has 0 spiro atoms. The van der Waals surface area contributed by atoms with Gasteiger partial charge in [-0.1, -0.05) is 26.0 Å². The molecule has 1 aromatic heterocycles. The Balaban J connectivity index is 0.000000702. The maximum Gasteiger partial charge on any atom is 0.466 e. The Morgan fingerprint density at radius 3 is 2.03 bits per heavy atom. The van der Waals surface area contributed by atoms with E-state index in [2.05, 4.69) is 53.6 Å². The Bertz CT molecular complexity index is 785. The van der Waals surface area contributed by atoms with Gasteiger partial charge in [-0.25, -0.2) is 9.13 Å². The van der Waals surface area contributed by atoms with E-state index in [0.717, 1.165) is 18.6 Å². The molecule has 0 amide bonds. The van der Waals surface area contributed by atoms with Crippen LogP contribution in [0.5, 0.6) is 0 Å². The standard InChI is InChI=1S/C16H25N3S.2H3O4P/c1-4-19(5-2)12-8-9-13(3)17-16-14-10-6-7-11-15(14)18-20-16;2*1-5(2,3)4/h6-7,10-11,13,17H,4-5,8-9,12H2,1-3H3;2*(H3,1,2,3,4). The minimum absolute atomic E-state index is 0.495. The van der Waals surface area contributed by atoms with Crippen molar-refractivity contribution in [2.24, 2.45) is 0 Å². The molecule has 30 heavy (non-hydrogen) atoms. The van der Waals surface area contributed by atoms with Crippen molar-refractivity contribution in [2.75, 3.05) is 25.0 Å². The van der Waals surface area contributed by atoms with Gasteiger partial charge in [0.25, 0.3) is 0 Å². The number of rotatable bonds is 8. The number of hydrogen-bond acceptors (Lipinski definition) is 6. The van der Waals surface area contributed by atoms with Crippen molar-refractivity contribution in [3.8, 4) is 0 Å². The highest BCUT2D eigenvalue weighted by Gasteiger charge is 2.09. The van der Waals surface area contributed by atoms with Crippen LogP contribution in [0.1, 0.15) is 33.6 Å². The summed E-state index contributed by atoms with van der Waals surface area (Å²) in [4.78, 5) is 45.6. The van der Waals surface area contributed by atoms with Crippen LogP contribution >= 0.6 is 27.2 Å². The fourth-order valence-corrected chi connectivity index (χ4v) is 3.32. The Morgan fingerprint density at radius 2 is 1.53 bits per heavy atom. The maximum absolute atomic E-state index is 8.88. The molecule has 0 saturated carbocycles. The van der Waals surface area contributed by atoms with E-state index >= 15 is 0 Å². The molecule has 0 bridgehead atoms. The van der Waals surface area contributed by atoms with Crippen LogP contribution in [0.15, 0.2) is 24.3 Å². The van der Waals surface area contributed by atoms with Crippen molar-refractivity contribution in [3.63, 3.8) is 0 Å². The molecule has 1 unspecified atom stereocenters. The van der Waals surface area contributed by atoms with Crippen LogP contribution in [0, 0.1) is 0 Å². The summed E-state index contributed by atoms with van der Waals surface area (Å²) in [6, 6.07) is 8.83. The van der Waals surface area contributed by atoms with E-state index in [9.17, 15) is 0 Å². The van der Waals surface area contributed by atoms with Crippen molar-refractivity contribution < 1.29 is 38.5 Å². The largest absolute Gasteiger partial charge is 0.466 e. The zero-order valence-corrected chi connectivity index (χ0v) is 19.7. The fourth-order valence-electron chi connectivity index (χ4n) is 2.45. The van der Waals surface area contributed by atoms with Gasteiger partial charge < -0.3 is 39.6 Å². The van der Waals surface area contributed by atoms with Gasteiger partial charge in [0.2, 0.25) is 0 Å². The lowest BCUT2D eigenvalue weighted by Crippen LogP contribution is -2.25. The Hall–Kier alpha value is -0.910. The molecule has 0 aliphatic heterocycles. The van der Waals surface area contributed by atoms with E-state index in [-0.39, 0.29) is 0 Å². The number of hydrogen-bond donors (Lipinski definition) is 7. The molecule has 1 aromatic carbocycles. The summed E-state index contributed by atoms with van der Waals surface area (Å²) in [5, 5.41) is 6.06.